The second-order valence-corrected chi connectivity index (χ2v) is 12.5. The molecule has 0 aliphatic carbocycles. The van der Waals surface area contributed by atoms with Crippen LogP contribution in [0.15, 0.2) is 65.6 Å². The molecule has 0 unspecified atom stereocenters. The number of benzene rings is 3. The van der Waals surface area contributed by atoms with Gasteiger partial charge in [0.1, 0.15) is 29.0 Å². The third-order valence-corrected chi connectivity index (χ3v) is 8.91. The van der Waals surface area contributed by atoms with Crippen molar-refractivity contribution in [2.24, 2.45) is 0 Å². The molecule has 0 saturated carbocycles. The lowest BCUT2D eigenvalue weighted by molar-refractivity contribution is -0.143. The van der Waals surface area contributed by atoms with Crippen molar-refractivity contribution in [3.63, 3.8) is 0 Å². The summed E-state index contributed by atoms with van der Waals surface area (Å²) in [6, 6.07) is 11.4. The number of hydrogen-bond acceptors (Lipinski definition) is 8. The maximum atomic E-state index is 13.7. The Morgan fingerprint density at radius 3 is 2.14 bits per heavy atom. The molecular weight excluding hydrogens is 698 g/mol. The Labute approximate surface area is 286 Å². The van der Waals surface area contributed by atoms with E-state index < -0.39 is 35.4 Å². The number of halogens is 6. The number of nitrogens with zero attached hydrogens (tertiary/aromatic N) is 2. The van der Waals surface area contributed by atoms with Crippen LogP contribution >= 0.6 is 24.0 Å². The zero-order valence-corrected chi connectivity index (χ0v) is 27.1. The predicted molar refractivity (Wildman–Crippen MR) is 173 cm³/mol. The Bertz CT molecular complexity index is 1710. The second-order valence-electron chi connectivity index (χ2n) is 10.9. The molecule has 0 radical (unpaired) electrons. The van der Waals surface area contributed by atoms with Gasteiger partial charge < -0.3 is 19.3 Å². The summed E-state index contributed by atoms with van der Waals surface area (Å²) in [4.78, 5) is 27.8. The molecule has 0 atom stereocenters. The molecule has 0 spiro atoms. The maximum Gasteiger partial charge on any atom is 0.416 e. The standard InChI is InChI=1S/C33H28F6N2O6S2/c34-32(35,36)23-17-22(18-24(19-23)33(37,38)39)26-15-20(1-6-27(26)47-13-9-40-7-11-45-12-8-40)16-28-29(42)41(31(48)49-28)10-14-46-25-4-2-21(3-5-25)30(43)44/h1-6,15-19H,7-14H2,(H,43,44). The second kappa shape index (κ2) is 15.2. The van der Waals surface area contributed by atoms with Gasteiger partial charge in [-0.15, -0.1) is 0 Å². The van der Waals surface area contributed by atoms with Crippen molar-refractivity contribution in [2.75, 3.05) is 52.6 Å². The van der Waals surface area contributed by atoms with Crippen molar-refractivity contribution in [3.05, 3.63) is 87.8 Å². The molecule has 49 heavy (non-hydrogen) atoms. The first kappa shape index (κ1) is 36.2. The molecule has 3 aromatic carbocycles. The van der Waals surface area contributed by atoms with Crippen LogP contribution in [0.3, 0.4) is 0 Å². The minimum absolute atomic E-state index is 0.0230. The Morgan fingerprint density at radius 2 is 1.53 bits per heavy atom. The highest BCUT2D eigenvalue weighted by Gasteiger charge is 2.37. The molecule has 2 heterocycles. The van der Waals surface area contributed by atoms with E-state index in [1.165, 1.54) is 47.4 Å². The van der Waals surface area contributed by atoms with E-state index in [0.717, 1.165) is 11.8 Å². The number of carbonyl (C=O) groups excluding carboxylic acids is 1. The minimum Gasteiger partial charge on any atom is -0.492 e. The van der Waals surface area contributed by atoms with Crippen molar-refractivity contribution in [1.82, 2.24) is 9.80 Å². The predicted octanol–water partition coefficient (Wildman–Crippen LogP) is 7.08. The van der Waals surface area contributed by atoms with Gasteiger partial charge in [-0.3, -0.25) is 14.6 Å². The Balaban J connectivity index is 1.39. The molecule has 1 N–H and O–H groups in total. The number of amides is 1. The molecule has 2 aliphatic heterocycles. The summed E-state index contributed by atoms with van der Waals surface area (Å²) in [6.07, 6.45) is -8.65. The topological polar surface area (TPSA) is 88.5 Å². The number of carboxylic acid groups (broad SMARTS) is 1. The highest BCUT2D eigenvalue weighted by atomic mass is 32.2. The Kier molecular flexibility index (Phi) is 11.2. The van der Waals surface area contributed by atoms with E-state index in [9.17, 15) is 35.9 Å². The molecule has 3 aromatic rings. The molecule has 260 valence electrons. The lowest BCUT2D eigenvalue weighted by Crippen LogP contribution is -2.38. The first-order valence-corrected chi connectivity index (χ1v) is 16.0. The van der Waals surface area contributed by atoms with Crippen molar-refractivity contribution < 1.29 is 55.2 Å². The quantitative estimate of drug-likeness (QED) is 0.127. The van der Waals surface area contributed by atoms with E-state index >= 15 is 0 Å². The van der Waals surface area contributed by atoms with E-state index in [-0.39, 0.29) is 57.5 Å². The van der Waals surface area contributed by atoms with E-state index in [1.54, 1.807) is 6.07 Å². The number of alkyl halides is 6. The molecule has 1 amide bonds. The largest absolute Gasteiger partial charge is 0.492 e. The van der Waals surface area contributed by atoms with Crippen LogP contribution in [0, 0.1) is 0 Å². The molecule has 2 saturated heterocycles. The molecule has 5 rings (SSSR count). The average Bonchev–Trinajstić information content (AvgIpc) is 3.32. The fourth-order valence-corrected chi connectivity index (χ4v) is 6.31. The maximum absolute atomic E-state index is 13.7. The number of thiocarbonyl (C=S) groups is 1. The zero-order valence-electron chi connectivity index (χ0n) is 25.5. The van der Waals surface area contributed by atoms with Crippen LogP contribution in [0.1, 0.15) is 27.0 Å². The molecule has 8 nitrogen and oxygen atoms in total. The van der Waals surface area contributed by atoms with Crippen LogP contribution in [-0.4, -0.2) is 83.7 Å². The van der Waals surface area contributed by atoms with Crippen molar-refractivity contribution in [2.45, 2.75) is 12.4 Å². The fourth-order valence-electron chi connectivity index (χ4n) is 5.00. The van der Waals surface area contributed by atoms with Crippen LogP contribution in [0.5, 0.6) is 11.5 Å². The summed E-state index contributed by atoms with van der Waals surface area (Å²) in [5.74, 6) is -1.10. The average molecular weight is 727 g/mol. The van der Waals surface area contributed by atoms with Crippen LogP contribution < -0.4 is 9.47 Å². The van der Waals surface area contributed by atoms with Gasteiger partial charge in [0.2, 0.25) is 0 Å². The van der Waals surface area contributed by atoms with Crippen LogP contribution in [-0.2, 0) is 21.9 Å². The van der Waals surface area contributed by atoms with E-state index in [1.807, 2.05) is 0 Å². The summed E-state index contributed by atoms with van der Waals surface area (Å²) in [7, 11) is 0. The third-order valence-electron chi connectivity index (χ3n) is 7.53. The Hall–Kier alpha value is -4.12. The van der Waals surface area contributed by atoms with Gasteiger partial charge in [0.25, 0.3) is 5.91 Å². The zero-order chi connectivity index (χ0) is 35.3. The van der Waals surface area contributed by atoms with Gasteiger partial charge in [-0.05, 0) is 71.8 Å². The van der Waals surface area contributed by atoms with Gasteiger partial charge in [-0.25, -0.2) is 4.79 Å². The first-order valence-electron chi connectivity index (χ1n) is 14.8. The van der Waals surface area contributed by atoms with Gasteiger partial charge >= 0.3 is 18.3 Å². The number of hydrogen-bond donors (Lipinski definition) is 1. The van der Waals surface area contributed by atoms with Crippen molar-refractivity contribution >= 4 is 46.3 Å². The molecule has 2 fully saturated rings. The van der Waals surface area contributed by atoms with Gasteiger partial charge in [-0.1, -0.05) is 30.0 Å². The Morgan fingerprint density at radius 1 is 0.898 bits per heavy atom. The van der Waals surface area contributed by atoms with Gasteiger partial charge in [-0.2, -0.15) is 26.3 Å². The number of rotatable bonds is 11. The minimum atomic E-state index is -5.05. The fraction of sp³-hybridized carbons (Fsp3) is 0.303. The van der Waals surface area contributed by atoms with Gasteiger partial charge in [0.15, 0.2) is 0 Å². The number of ether oxygens (including phenoxy) is 3. The number of aromatic carboxylic acids is 1. The lowest BCUT2D eigenvalue weighted by Gasteiger charge is -2.26. The van der Waals surface area contributed by atoms with Crippen LogP contribution in [0.2, 0.25) is 0 Å². The molecule has 0 aromatic heterocycles. The summed E-state index contributed by atoms with van der Waals surface area (Å²) in [5.41, 5.74) is -2.92. The summed E-state index contributed by atoms with van der Waals surface area (Å²) in [5, 5.41) is 9.03. The number of morpholine rings is 1. The smallest absolute Gasteiger partial charge is 0.416 e. The number of carbonyl (C=O) groups is 2. The van der Waals surface area contributed by atoms with Crippen molar-refractivity contribution in [3.8, 4) is 22.6 Å². The molecular formula is C33H28F6N2O6S2. The summed E-state index contributed by atoms with van der Waals surface area (Å²) < 4.78 is 99.5. The SMILES string of the molecule is O=C(O)c1ccc(OCCN2C(=O)C(=Cc3ccc(OCCN4CCOCC4)c(-c4cc(C(F)(F)F)cc(C(F)(F)F)c4)c3)SC2=S)cc1. The highest BCUT2D eigenvalue weighted by molar-refractivity contribution is 8.26. The first-order chi connectivity index (χ1) is 23.2. The number of thioether (sulfide) groups is 1. The van der Waals surface area contributed by atoms with Crippen molar-refractivity contribution in [1.29, 1.82) is 0 Å². The number of carboxylic acids is 1. The van der Waals surface area contributed by atoms with Crippen LogP contribution in [0.25, 0.3) is 17.2 Å². The van der Waals surface area contributed by atoms with Gasteiger partial charge in [0.05, 0.1) is 41.4 Å². The van der Waals surface area contributed by atoms with E-state index in [0.29, 0.717) is 56.3 Å². The molecule has 0 bridgehead atoms. The van der Waals surface area contributed by atoms with Crippen LogP contribution in [0.4, 0.5) is 26.3 Å². The van der Waals surface area contributed by atoms with E-state index in [2.05, 4.69) is 4.90 Å². The highest BCUT2D eigenvalue weighted by Crippen LogP contribution is 2.41. The lowest BCUT2D eigenvalue weighted by atomic mass is 9.96. The monoisotopic (exact) mass is 726 g/mol. The molecule has 16 heteroatoms. The van der Waals surface area contributed by atoms with Gasteiger partial charge in [0, 0.05) is 25.2 Å². The molecule has 2 aliphatic rings. The third kappa shape index (κ3) is 9.32. The summed E-state index contributed by atoms with van der Waals surface area (Å²) in [6.45, 7) is 3.04. The summed E-state index contributed by atoms with van der Waals surface area (Å²) >= 11 is 6.35. The normalized spacial score (nSPS) is 16.8. The van der Waals surface area contributed by atoms with E-state index in [4.69, 9.17) is 31.5 Å².